The Balaban J connectivity index is 4.01. The van der Waals surface area contributed by atoms with Gasteiger partial charge in [0.1, 0.15) is 0 Å². The molecule has 4 heteroatoms. The fourth-order valence-corrected chi connectivity index (χ4v) is 1.43. The molecule has 0 fully saturated rings. The summed E-state index contributed by atoms with van der Waals surface area (Å²) in [6, 6.07) is 0. The summed E-state index contributed by atoms with van der Waals surface area (Å²) < 4.78 is 26.1. The van der Waals surface area contributed by atoms with Crippen molar-refractivity contribution < 1.29 is 12.6 Å². The average Bonchev–Trinajstić information content (AvgIpc) is 1.59. The van der Waals surface area contributed by atoms with E-state index >= 15 is 0 Å². The molecule has 0 saturated heterocycles. The summed E-state index contributed by atoms with van der Waals surface area (Å²) >= 11 is 0. The van der Waals surface area contributed by atoms with Crippen LogP contribution in [0.1, 0.15) is 13.8 Å². The third kappa shape index (κ3) is 4.52. The van der Waals surface area contributed by atoms with Crippen molar-refractivity contribution in [3.8, 4) is 0 Å². The van der Waals surface area contributed by atoms with Gasteiger partial charge in [-0.3, -0.25) is 4.18 Å². The minimum Gasteiger partial charge on any atom is -0.267 e. The van der Waals surface area contributed by atoms with Crippen molar-refractivity contribution in [1.82, 2.24) is 0 Å². The summed E-state index contributed by atoms with van der Waals surface area (Å²) in [5.41, 5.74) is 0. The van der Waals surface area contributed by atoms with Crippen LogP contribution in [0.4, 0.5) is 0 Å². The van der Waals surface area contributed by atoms with Gasteiger partial charge in [0.05, 0.1) is 11.9 Å². The first kappa shape index (κ1) is 9.65. The monoisotopic (exact) mass is 164 g/mol. The lowest BCUT2D eigenvalue weighted by Gasteiger charge is -2.04. The third-order valence-corrected chi connectivity index (χ3v) is 1.98. The molecule has 0 aliphatic rings. The number of hydrogen-bond donors (Lipinski definition) is 0. The fraction of sp³-hybridized carbons (Fsp3) is 0.667. The van der Waals surface area contributed by atoms with Crippen LogP contribution in [0.5, 0.6) is 0 Å². The smallest absolute Gasteiger partial charge is 0.267 e. The Hall–Kier alpha value is -0.350. The molecule has 0 N–H and O–H groups in total. The maximum absolute atomic E-state index is 10.7. The van der Waals surface area contributed by atoms with Gasteiger partial charge in [0.25, 0.3) is 10.1 Å². The van der Waals surface area contributed by atoms with E-state index in [1.54, 1.807) is 13.8 Å². The first-order valence-corrected chi connectivity index (χ1v) is 4.57. The van der Waals surface area contributed by atoms with E-state index in [0.717, 1.165) is 0 Å². The normalized spacial score (nSPS) is 11.9. The van der Waals surface area contributed by atoms with Crippen molar-refractivity contribution in [2.45, 2.75) is 20.0 Å². The molecular formula is C6H12O3S. The molecule has 0 aromatic rings. The van der Waals surface area contributed by atoms with E-state index in [9.17, 15) is 8.42 Å². The molecule has 0 aromatic carbocycles. The SMILES string of the molecule is C=CCS(=O)(=O)OC(C)C. The highest BCUT2D eigenvalue weighted by atomic mass is 32.2. The summed E-state index contributed by atoms with van der Waals surface area (Å²) in [4.78, 5) is 0. The highest BCUT2D eigenvalue weighted by Gasteiger charge is 2.09. The molecule has 10 heavy (non-hydrogen) atoms. The van der Waals surface area contributed by atoms with Crippen molar-refractivity contribution in [3.63, 3.8) is 0 Å². The summed E-state index contributed by atoms with van der Waals surface area (Å²) in [5.74, 6) is -0.120. The second-order valence-corrected chi connectivity index (χ2v) is 3.80. The van der Waals surface area contributed by atoms with Crippen LogP contribution in [-0.4, -0.2) is 20.3 Å². The molecule has 0 atom stereocenters. The Morgan fingerprint density at radius 3 is 2.40 bits per heavy atom. The van der Waals surface area contributed by atoms with Gasteiger partial charge in [-0.15, -0.1) is 6.58 Å². The second-order valence-electron chi connectivity index (χ2n) is 2.16. The van der Waals surface area contributed by atoms with Gasteiger partial charge in [0.15, 0.2) is 0 Å². The van der Waals surface area contributed by atoms with Crippen molar-refractivity contribution in [2.24, 2.45) is 0 Å². The zero-order valence-electron chi connectivity index (χ0n) is 6.20. The van der Waals surface area contributed by atoms with Crippen molar-refractivity contribution in [1.29, 1.82) is 0 Å². The first-order chi connectivity index (χ1) is 4.48. The first-order valence-electron chi connectivity index (χ1n) is 3.00. The van der Waals surface area contributed by atoms with Gasteiger partial charge in [-0.2, -0.15) is 8.42 Å². The maximum atomic E-state index is 10.7. The van der Waals surface area contributed by atoms with Gasteiger partial charge < -0.3 is 0 Å². The zero-order chi connectivity index (χ0) is 8.20. The molecule has 0 radical (unpaired) electrons. The molecule has 0 spiro atoms. The zero-order valence-corrected chi connectivity index (χ0v) is 7.02. The van der Waals surface area contributed by atoms with Gasteiger partial charge in [-0.1, -0.05) is 6.08 Å². The molecule has 0 saturated carbocycles. The maximum Gasteiger partial charge on any atom is 0.271 e. The number of hydrogen-bond acceptors (Lipinski definition) is 3. The van der Waals surface area contributed by atoms with Crippen LogP contribution in [0.15, 0.2) is 12.7 Å². The largest absolute Gasteiger partial charge is 0.271 e. The van der Waals surface area contributed by atoms with E-state index in [4.69, 9.17) is 0 Å². The van der Waals surface area contributed by atoms with E-state index in [0.29, 0.717) is 0 Å². The summed E-state index contributed by atoms with van der Waals surface area (Å²) in [6.07, 6.45) is 1.02. The Labute approximate surface area is 61.8 Å². The molecule has 0 bridgehead atoms. The van der Waals surface area contributed by atoms with Crippen LogP contribution in [0, 0.1) is 0 Å². The van der Waals surface area contributed by atoms with Crippen molar-refractivity contribution in [2.75, 3.05) is 5.75 Å². The van der Waals surface area contributed by atoms with E-state index in [-0.39, 0.29) is 11.9 Å². The quantitative estimate of drug-likeness (QED) is 0.458. The second kappa shape index (κ2) is 3.73. The lowest BCUT2D eigenvalue weighted by molar-refractivity contribution is 0.250. The van der Waals surface area contributed by atoms with Crippen molar-refractivity contribution in [3.05, 3.63) is 12.7 Å². The van der Waals surface area contributed by atoms with E-state index < -0.39 is 10.1 Å². The standard InChI is InChI=1S/C6H12O3S/c1-4-5-10(7,8)9-6(2)3/h4,6H,1,5H2,2-3H3. The van der Waals surface area contributed by atoms with E-state index in [1.165, 1.54) is 6.08 Å². The Bertz CT molecular complexity index is 191. The van der Waals surface area contributed by atoms with Gasteiger partial charge >= 0.3 is 0 Å². The molecular weight excluding hydrogens is 152 g/mol. The summed E-state index contributed by atoms with van der Waals surface area (Å²) in [7, 11) is -3.35. The van der Waals surface area contributed by atoms with Gasteiger partial charge in [-0.25, -0.2) is 0 Å². The summed E-state index contributed by atoms with van der Waals surface area (Å²) in [5, 5.41) is 0. The highest BCUT2D eigenvalue weighted by molar-refractivity contribution is 7.86. The van der Waals surface area contributed by atoms with Crippen LogP contribution < -0.4 is 0 Å². The molecule has 3 nitrogen and oxygen atoms in total. The minimum atomic E-state index is -3.35. The van der Waals surface area contributed by atoms with Gasteiger partial charge in [0, 0.05) is 0 Å². The molecule has 0 aromatic heterocycles. The fourth-order valence-electron chi connectivity index (χ4n) is 0.477. The number of rotatable bonds is 4. The molecule has 0 unspecified atom stereocenters. The van der Waals surface area contributed by atoms with Crippen LogP contribution in [-0.2, 0) is 14.3 Å². The third-order valence-electron chi connectivity index (χ3n) is 0.661. The molecule has 0 amide bonds. The topological polar surface area (TPSA) is 43.4 Å². The molecule has 0 aliphatic heterocycles. The predicted molar refractivity (Wildman–Crippen MR) is 40.2 cm³/mol. The van der Waals surface area contributed by atoms with Crippen LogP contribution >= 0.6 is 0 Å². The lowest BCUT2D eigenvalue weighted by atomic mass is 10.5. The summed E-state index contributed by atoms with van der Waals surface area (Å²) in [6.45, 7) is 6.63. The molecule has 0 rings (SSSR count). The average molecular weight is 164 g/mol. The van der Waals surface area contributed by atoms with Gasteiger partial charge in [-0.05, 0) is 13.8 Å². The van der Waals surface area contributed by atoms with Crippen LogP contribution in [0.2, 0.25) is 0 Å². The Morgan fingerprint density at radius 1 is 1.60 bits per heavy atom. The molecule has 60 valence electrons. The minimum absolute atomic E-state index is 0.120. The molecule has 0 heterocycles. The van der Waals surface area contributed by atoms with E-state index in [2.05, 4.69) is 10.8 Å². The highest BCUT2D eigenvalue weighted by Crippen LogP contribution is 1.98. The predicted octanol–water partition coefficient (Wildman–Crippen LogP) is 0.927. The molecule has 0 aliphatic carbocycles. The van der Waals surface area contributed by atoms with E-state index in [1.807, 2.05) is 0 Å². The van der Waals surface area contributed by atoms with Crippen LogP contribution in [0.3, 0.4) is 0 Å². The van der Waals surface area contributed by atoms with Gasteiger partial charge in [0.2, 0.25) is 0 Å². The van der Waals surface area contributed by atoms with Crippen molar-refractivity contribution >= 4 is 10.1 Å². The Morgan fingerprint density at radius 2 is 2.10 bits per heavy atom. The Kier molecular flexibility index (Phi) is 3.60. The lowest BCUT2D eigenvalue weighted by Crippen LogP contribution is -2.14. The van der Waals surface area contributed by atoms with Crippen LogP contribution in [0.25, 0.3) is 0 Å².